The van der Waals surface area contributed by atoms with E-state index in [2.05, 4.69) is 83.6 Å². The van der Waals surface area contributed by atoms with Crippen LogP contribution in [0.5, 0.6) is 5.75 Å². The maximum absolute atomic E-state index is 15.1. The summed E-state index contributed by atoms with van der Waals surface area (Å²) in [5, 5.41) is 92.9. The molecule has 754 valence electrons. The van der Waals surface area contributed by atoms with Crippen LogP contribution in [0.1, 0.15) is 188 Å². The van der Waals surface area contributed by atoms with Crippen LogP contribution in [0.3, 0.4) is 0 Å². The van der Waals surface area contributed by atoms with Gasteiger partial charge in [0.05, 0.1) is 43.7 Å². The van der Waals surface area contributed by atoms with Gasteiger partial charge in [-0.05, 0) is 119 Å². The van der Waals surface area contributed by atoms with Gasteiger partial charge in [0, 0.05) is 78.9 Å². The molecule has 0 saturated carbocycles. The first-order valence-electron chi connectivity index (χ1n) is 43.8. The summed E-state index contributed by atoms with van der Waals surface area (Å²) in [5.41, 5.74) is 15.9. The predicted molar refractivity (Wildman–Crippen MR) is 496 cm³/mol. The molecule has 53 heteroatoms. The molecule has 6 rings (SSSR count). The van der Waals surface area contributed by atoms with Crippen LogP contribution in [-0.2, 0) is 99.1 Å². The summed E-state index contributed by atoms with van der Waals surface area (Å²) in [6.45, 7) is 11.5. The van der Waals surface area contributed by atoms with Gasteiger partial charge in [-0.1, -0.05) is 88.1 Å². The van der Waals surface area contributed by atoms with Crippen molar-refractivity contribution in [3.8, 4) is 5.75 Å². The molecule has 0 radical (unpaired) electrons. The molecule has 13 atom stereocenters. The zero-order valence-electron chi connectivity index (χ0n) is 76.8. The first kappa shape index (κ1) is 113. The number of nitrogens with two attached hydrogens (primary N) is 2. The number of carbonyl (C=O) groups is 18. The average molecular weight is 1990 g/mol. The van der Waals surface area contributed by atoms with E-state index in [0.29, 0.717) is 42.8 Å². The van der Waals surface area contributed by atoms with Gasteiger partial charge in [0.15, 0.2) is 30.0 Å². The molecule has 0 spiro atoms. The highest BCUT2D eigenvalue weighted by Crippen LogP contribution is 2.33. The SMILES string of the molecule is CCCC(=O)OCN(C(=O)[C@@H](NC(=O)[C@H]1CCCCN1C)[C@@H](C)CC)[C@H](C[C@@H](OC(C)=O)c1nc(C(=O)N[C@@H](Cc2ccc(O)cc2)C[C@H](C)C(=O)NNC(=O)OCCSSC[C@H](NC(=O)[C@H](CC(=O)O)NC(=O)[C@H](CC(=O)O)NC(=O)[C@H](CCCNC(=N)N)NC(=O)[C@H](CC(=O)O)NC(=O)CC[C@H](NC(=O)c2ccc(NCc3cnc4nc(N)[nH]c(=O)c4n3)cc2)C(=O)O)C(=O)O)cs1)C(C)C. The van der Waals surface area contributed by atoms with Crippen molar-refractivity contribution in [3.63, 3.8) is 0 Å². The van der Waals surface area contributed by atoms with Crippen LogP contribution < -0.4 is 81.0 Å². The third-order valence-corrected chi connectivity index (χ3v) is 24.7. The Balaban J connectivity index is 1.02. The van der Waals surface area contributed by atoms with E-state index in [1.807, 2.05) is 45.0 Å². The third-order valence-electron chi connectivity index (χ3n) is 21.4. The van der Waals surface area contributed by atoms with Gasteiger partial charge in [0.1, 0.15) is 65.4 Å². The van der Waals surface area contributed by atoms with E-state index in [1.54, 1.807) is 19.1 Å². The molecule has 1 fully saturated rings. The van der Waals surface area contributed by atoms with Gasteiger partial charge in [-0.15, -0.1) is 11.3 Å². The van der Waals surface area contributed by atoms with Gasteiger partial charge in [-0.3, -0.25) is 97.4 Å². The summed E-state index contributed by atoms with van der Waals surface area (Å²) >= 11 is 0.983. The number of phenols is 1. The van der Waals surface area contributed by atoms with Crippen LogP contribution in [0.2, 0.25) is 0 Å². The Bertz CT molecular complexity index is 5190. The monoisotopic (exact) mass is 1990 g/mol. The lowest BCUT2D eigenvalue weighted by Crippen LogP contribution is -2.59. The van der Waals surface area contributed by atoms with Gasteiger partial charge in [-0.2, -0.15) is 4.98 Å². The number of carboxylic acid groups (broad SMARTS) is 5. The minimum absolute atomic E-state index is 0.0183. The Hall–Kier alpha value is -14.1. The van der Waals surface area contributed by atoms with E-state index < -0.39 is 242 Å². The van der Waals surface area contributed by atoms with Crippen LogP contribution in [0.4, 0.5) is 16.4 Å². The van der Waals surface area contributed by atoms with Crippen LogP contribution in [0.15, 0.2) is 64.9 Å². The number of nitrogens with zero attached hydrogens (tertiary/aromatic N) is 6. The second-order valence-electron chi connectivity index (χ2n) is 32.6. The number of phenolic OH excluding ortho intramolecular Hbond substituents is 1. The molecule has 0 bridgehead atoms. The molecule has 11 amide bonds. The number of guanidine groups is 1. The number of fused-ring (bicyclic) bond motifs is 1. The molecule has 1 aliphatic rings. The number of amides is 11. The Kier molecular flexibility index (Phi) is 46.0. The lowest BCUT2D eigenvalue weighted by atomic mass is 9.92. The van der Waals surface area contributed by atoms with Crippen LogP contribution in [-0.4, -0.2) is 284 Å². The van der Waals surface area contributed by atoms with Gasteiger partial charge in [0.2, 0.25) is 53.2 Å². The summed E-state index contributed by atoms with van der Waals surface area (Å²) in [6, 6.07) is -3.51. The number of nitrogen functional groups attached to an aromatic ring is 1. The lowest BCUT2D eigenvalue weighted by Gasteiger charge is -2.39. The molecule has 138 heavy (non-hydrogen) atoms. The number of aromatic nitrogens is 5. The molecule has 1 aliphatic heterocycles. The zero-order chi connectivity index (χ0) is 102. The maximum Gasteiger partial charge on any atom is 0.426 e. The van der Waals surface area contributed by atoms with E-state index in [1.165, 1.54) is 66.7 Å². The summed E-state index contributed by atoms with van der Waals surface area (Å²) < 4.78 is 16.7. The average Bonchev–Trinajstić information content (AvgIpc) is 1.18. The second kappa shape index (κ2) is 56.4. The molecule has 0 aliphatic carbocycles. The van der Waals surface area contributed by atoms with Gasteiger partial charge in [-0.25, -0.2) is 34.8 Å². The predicted octanol–water partition coefficient (Wildman–Crippen LogP) is 0.598. The molecule has 4 heterocycles. The summed E-state index contributed by atoms with van der Waals surface area (Å²) in [4.78, 5) is 274. The Morgan fingerprint density at radius 2 is 1.30 bits per heavy atom. The highest BCUT2D eigenvalue weighted by molar-refractivity contribution is 8.76. The highest BCUT2D eigenvalue weighted by Gasteiger charge is 2.42. The van der Waals surface area contributed by atoms with Crippen molar-refractivity contribution in [2.45, 2.75) is 224 Å². The molecule has 2 aromatic carbocycles. The fraction of sp³-hybridized carbons (Fsp3) is 0.529. The quantitative estimate of drug-likeness (QED) is 0.00370. The van der Waals surface area contributed by atoms with Crippen LogP contribution in [0, 0.1) is 23.2 Å². The highest BCUT2D eigenvalue weighted by atomic mass is 33.1. The number of aliphatic carboxylic acids is 5. The standard InChI is InChI=1S/C85H118N22O28S3/c1-9-14-66(117)134-41-107(80(127)67(43(5)10-2)101-77(125)59-16-11-12-28-106(59)8)60(42(3)4)36-61(135-45(7)108)79-100-57(39-136-79)76(124)93-49(32-46-17-23-51(109)24-18-46)31-44(6)70(118)104-105-85(132)133-29-30-137-138-40-58(82(130)131)99-75(123)56(35-65(115)116)98-74(122)55(34-64(113)114)97-72(120)52(15-13-27-89-83(86)87)95-73(121)54(33-63(111)112)94-62(110)26-25-53(81(128)129)96-71(119)47-19-21-48(22-20-47)90-37-50-38-91-69-68(92-50)78(126)103-84(88)102-69/h17-24,38-39,42-44,49,52-56,58-61,67,90,109H,9-16,25-37,40-41H2,1-8H3,(H,93,124)(H,94,110)(H,95,121)(H,96,119)(H,97,120)(H,98,122)(H,99,123)(H,101,125)(H,104,118)(H,105,132)(H,111,112)(H,113,114)(H,115,116)(H,128,129)(H,130,131)(H4,86,87,89)(H3,88,91,102,103,126)/t43-,44-,49+,52-,53-,54-,55-,56-,58-,59+,60+,61+,67-/m0/s1. The zero-order valence-corrected chi connectivity index (χ0v) is 79.3. The number of benzene rings is 2. The topological polar surface area (TPSA) is 767 Å². The minimum atomic E-state index is -2.23. The normalized spacial score (nSPS) is 15.0. The number of thiazole rings is 1. The van der Waals surface area contributed by atoms with Crippen molar-refractivity contribution in [2.75, 3.05) is 56.0 Å². The summed E-state index contributed by atoms with van der Waals surface area (Å²) in [7, 11) is 3.56. The van der Waals surface area contributed by atoms with Crippen molar-refractivity contribution < 1.29 is 131 Å². The minimum Gasteiger partial charge on any atom is -0.508 e. The number of likely N-dealkylation sites (N-methyl/N-ethyl adjacent to an activating group) is 1. The van der Waals surface area contributed by atoms with Crippen molar-refractivity contribution in [3.05, 3.63) is 98.0 Å². The largest absolute Gasteiger partial charge is 0.508 e. The molecule has 5 aromatic rings. The van der Waals surface area contributed by atoms with Gasteiger partial charge >= 0.3 is 47.9 Å². The summed E-state index contributed by atoms with van der Waals surface area (Å²) in [5.74, 6) is -23.0. The number of piperidine rings is 1. The number of carbonyl (C=O) groups excluding carboxylic acids is 13. The number of hydrogen-bond donors (Lipinski definition) is 22. The van der Waals surface area contributed by atoms with E-state index in [0.717, 1.165) is 45.8 Å². The maximum atomic E-state index is 15.1. The number of anilines is 2. The fourth-order valence-electron chi connectivity index (χ4n) is 13.9. The number of aromatic amines is 1. The Morgan fingerprint density at radius 1 is 0.688 bits per heavy atom. The lowest BCUT2D eigenvalue weighted by molar-refractivity contribution is -0.161. The number of ether oxygens (including phenoxy) is 3. The Labute approximate surface area is 802 Å². The van der Waals surface area contributed by atoms with Crippen molar-refractivity contribution in [2.24, 2.45) is 23.5 Å². The van der Waals surface area contributed by atoms with E-state index in [-0.39, 0.29) is 109 Å². The first-order chi connectivity index (χ1) is 65.3. The van der Waals surface area contributed by atoms with E-state index in [4.69, 9.17) is 31.1 Å². The number of H-pyrrole nitrogens is 1. The molecule has 0 unspecified atom stereocenters. The molecular weight excluding hydrogens is 1870 g/mol. The number of nitrogens with one attached hydrogen (secondary N) is 14. The molecule has 3 aromatic heterocycles. The smallest absolute Gasteiger partial charge is 0.426 e. The molecule has 1 saturated heterocycles. The first-order valence-corrected chi connectivity index (χ1v) is 47.2. The Morgan fingerprint density at radius 3 is 1.89 bits per heavy atom. The number of carboxylic acids is 5. The van der Waals surface area contributed by atoms with Gasteiger partial charge in [0.25, 0.3) is 17.4 Å². The number of likely N-dealkylation sites (tertiary alicyclic amines) is 1. The van der Waals surface area contributed by atoms with Crippen molar-refractivity contribution in [1.29, 1.82) is 5.41 Å². The number of aromatic hydroxyl groups is 1. The fourth-order valence-corrected chi connectivity index (χ4v) is 16.8. The number of hydrogen-bond acceptors (Lipinski definition) is 34. The number of hydrazine groups is 1. The van der Waals surface area contributed by atoms with E-state index >= 15 is 4.79 Å². The van der Waals surface area contributed by atoms with Crippen LogP contribution in [0.25, 0.3) is 11.2 Å². The molecule has 24 N–H and O–H groups in total. The number of rotatable bonds is 57. The van der Waals surface area contributed by atoms with Crippen molar-refractivity contribution in [1.82, 2.24) is 93.4 Å². The second-order valence-corrected chi connectivity index (χ2v) is 36.1. The van der Waals surface area contributed by atoms with Crippen molar-refractivity contribution >= 4 is 169 Å². The van der Waals surface area contributed by atoms with Crippen LogP contribution >= 0.6 is 32.9 Å². The van der Waals surface area contributed by atoms with Gasteiger partial charge < -0.3 is 114 Å². The number of esters is 2. The van der Waals surface area contributed by atoms with E-state index in [9.17, 15) is 117 Å². The third kappa shape index (κ3) is 38.2. The summed E-state index contributed by atoms with van der Waals surface area (Å²) in [6.07, 6.45) is -3.50. The molecular formula is C85H118N22O28S3. The molecule has 50 nitrogen and oxygen atoms in total.